The summed E-state index contributed by atoms with van der Waals surface area (Å²) < 4.78 is 5.90. The van der Waals surface area contributed by atoms with Crippen molar-refractivity contribution in [2.45, 2.75) is 29.6 Å². The molecule has 0 spiro atoms. The van der Waals surface area contributed by atoms with Crippen LogP contribution < -0.4 is 14.6 Å². The Kier molecular flexibility index (Phi) is 4.75. The van der Waals surface area contributed by atoms with Crippen LogP contribution in [0.2, 0.25) is 29.6 Å². The average Bonchev–Trinajstić information content (AvgIpc) is 2.94. The maximum absolute atomic E-state index is 6.97. The Labute approximate surface area is 154 Å². The Morgan fingerprint density at radius 3 is 1.38 bits per heavy atom. The van der Waals surface area contributed by atoms with Crippen LogP contribution in [0, 0.1) is 0 Å². The molecule has 2 aromatic heterocycles. The van der Waals surface area contributed by atoms with Gasteiger partial charge in [-0.15, -0.1) is 0 Å². The van der Waals surface area contributed by atoms with Crippen molar-refractivity contribution >= 4 is 105 Å². The van der Waals surface area contributed by atoms with Crippen molar-refractivity contribution in [2.24, 2.45) is 0 Å². The molecular weight excluding hydrogens is 613 g/mol. The number of thiophene rings is 2. The molecule has 3 rings (SSSR count). The zero-order chi connectivity index (χ0) is 15.8. The fraction of sp³-hybridized carbons (Fsp3) is 0.429. The van der Waals surface area contributed by atoms with E-state index < -0.39 is 48.2 Å². The summed E-state index contributed by atoms with van der Waals surface area (Å²) in [6, 6.07) is 4.78. The van der Waals surface area contributed by atoms with E-state index in [1.54, 1.807) is 5.79 Å². The van der Waals surface area contributed by atoms with E-state index in [0.717, 1.165) is 0 Å². The summed E-state index contributed by atoms with van der Waals surface area (Å²) in [5.74, 6) is 0. The molecule has 0 bridgehead atoms. The first-order valence-electron chi connectivity index (χ1n) is 7.10. The SMILES string of the molecule is [CH3][Sn]([CH3])([CH3])[c]1c[c]2c(s1)-c1s[c]([Sn]([CH3])([CH3])[CH3])c[c]1[Ge]2([Cl])[Cl]. The molecule has 0 atom stereocenters. The third-order valence-corrected chi connectivity index (χ3v) is 34.6. The zero-order valence-electron chi connectivity index (χ0n) is 13.2. The molecule has 0 aliphatic carbocycles. The fourth-order valence-corrected chi connectivity index (χ4v) is 27.9. The van der Waals surface area contributed by atoms with Gasteiger partial charge < -0.3 is 0 Å². The summed E-state index contributed by atoms with van der Waals surface area (Å²) in [6.07, 6.45) is 0. The third-order valence-electron chi connectivity index (χ3n) is 3.83. The first-order chi connectivity index (χ1) is 9.42. The van der Waals surface area contributed by atoms with E-state index in [0.29, 0.717) is 0 Å². The van der Waals surface area contributed by atoms with Crippen LogP contribution in [-0.2, 0) is 0 Å². The second-order valence-electron chi connectivity index (χ2n) is 7.78. The Morgan fingerprint density at radius 2 is 1.10 bits per heavy atom. The summed E-state index contributed by atoms with van der Waals surface area (Å²) >= 11 is -3.11. The van der Waals surface area contributed by atoms with Crippen molar-refractivity contribution in [1.29, 1.82) is 0 Å². The quantitative estimate of drug-likeness (QED) is 0.441. The molecular formula is C14H20Cl2GeS2Sn2. The molecule has 3 heterocycles. The molecule has 0 aromatic carbocycles. The van der Waals surface area contributed by atoms with Gasteiger partial charge in [0, 0.05) is 0 Å². The van der Waals surface area contributed by atoms with Gasteiger partial charge in [-0.3, -0.25) is 0 Å². The molecule has 0 radical (unpaired) electrons. The van der Waals surface area contributed by atoms with Crippen LogP contribution in [-0.4, -0.2) is 48.2 Å². The van der Waals surface area contributed by atoms with Crippen LogP contribution in [0.3, 0.4) is 0 Å². The molecule has 0 fully saturated rings. The van der Waals surface area contributed by atoms with Gasteiger partial charge in [-0.1, -0.05) is 0 Å². The van der Waals surface area contributed by atoms with Crippen LogP contribution in [0.25, 0.3) is 9.75 Å². The van der Waals surface area contributed by atoms with E-state index in [2.05, 4.69) is 41.8 Å². The predicted octanol–water partition coefficient (Wildman–Crippen LogP) is 3.91. The van der Waals surface area contributed by atoms with Crippen LogP contribution in [0.15, 0.2) is 12.1 Å². The van der Waals surface area contributed by atoms with Crippen LogP contribution in [0.1, 0.15) is 0 Å². The maximum atomic E-state index is 6.97. The molecule has 0 unspecified atom stereocenters. The molecule has 114 valence electrons. The van der Waals surface area contributed by atoms with Crippen molar-refractivity contribution < 1.29 is 0 Å². The zero-order valence-corrected chi connectivity index (χ0v) is 24.2. The van der Waals surface area contributed by atoms with Crippen LogP contribution in [0.4, 0.5) is 0 Å². The van der Waals surface area contributed by atoms with E-state index in [1.807, 2.05) is 22.7 Å². The molecule has 21 heavy (non-hydrogen) atoms. The predicted molar refractivity (Wildman–Crippen MR) is 110 cm³/mol. The van der Waals surface area contributed by atoms with Gasteiger partial charge in [-0.25, -0.2) is 0 Å². The molecule has 1 aliphatic heterocycles. The van der Waals surface area contributed by atoms with Crippen molar-refractivity contribution in [3.8, 4) is 9.75 Å². The molecule has 0 saturated carbocycles. The monoisotopic (exact) mass is 636 g/mol. The molecule has 0 nitrogen and oxygen atoms in total. The Morgan fingerprint density at radius 1 is 0.762 bits per heavy atom. The van der Waals surface area contributed by atoms with Gasteiger partial charge in [0.25, 0.3) is 0 Å². The normalized spacial score (nSPS) is 17.0. The van der Waals surface area contributed by atoms with Crippen LogP contribution in [0.5, 0.6) is 0 Å². The van der Waals surface area contributed by atoms with Gasteiger partial charge in [0.05, 0.1) is 0 Å². The summed E-state index contributed by atoms with van der Waals surface area (Å²) in [5.41, 5.74) is 0. The van der Waals surface area contributed by atoms with Crippen molar-refractivity contribution in [1.82, 2.24) is 0 Å². The molecule has 2 aromatic rings. The fourth-order valence-electron chi connectivity index (χ4n) is 2.47. The van der Waals surface area contributed by atoms with E-state index in [-0.39, 0.29) is 0 Å². The summed E-state index contributed by atoms with van der Waals surface area (Å²) in [4.78, 5) is 17.7. The molecule has 0 saturated heterocycles. The Balaban J connectivity index is 2.21. The molecule has 0 amide bonds. The van der Waals surface area contributed by atoms with Crippen molar-refractivity contribution in [2.75, 3.05) is 0 Å². The van der Waals surface area contributed by atoms with E-state index in [4.69, 9.17) is 20.0 Å². The third kappa shape index (κ3) is 3.06. The summed E-state index contributed by atoms with van der Waals surface area (Å²) in [5, 5.41) is 0. The average molecular weight is 633 g/mol. The molecule has 7 heteroatoms. The van der Waals surface area contributed by atoms with Gasteiger partial charge in [0.2, 0.25) is 0 Å². The number of rotatable bonds is 2. The topological polar surface area (TPSA) is 0 Å². The van der Waals surface area contributed by atoms with E-state index in [1.165, 1.54) is 18.5 Å². The summed E-state index contributed by atoms with van der Waals surface area (Å²) in [7, 11) is 13.9. The minimum atomic E-state index is -3.04. The van der Waals surface area contributed by atoms with Gasteiger partial charge in [-0.05, 0) is 0 Å². The van der Waals surface area contributed by atoms with E-state index >= 15 is 0 Å². The summed E-state index contributed by atoms with van der Waals surface area (Å²) in [6.45, 7) is 0. The second-order valence-corrected chi connectivity index (χ2v) is 52.3. The van der Waals surface area contributed by atoms with Crippen LogP contribution >= 0.6 is 42.7 Å². The number of halogens is 2. The molecule has 0 N–H and O–H groups in total. The second kappa shape index (κ2) is 5.56. The van der Waals surface area contributed by atoms with Gasteiger partial charge in [-0.2, -0.15) is 0 Å². The van der Waals surface area contributed by atoms with E-state index in [9.17, 15) is 0 Å². The van der Waals surface area contributed by atoms with Crippen molar-refractivity contribution in [3.63, 3.8) is 0 Å². The van der Waals surface area contributed by atoms with Crippen molar-refractivity contribution in [3.05, 3.63) is 12.1 Å². The van der Waals surface area contributed by atoms with Gasteiger partial charge in [0.15, 0.2) is 0 Å². The Bertz CT molecular complexity index is 660. The number of fused-ring (bicyclic) bond motifs is 3. The minimum absolute atomic E-state index is 1.34. The van der Waals surface area contributed by atoms with Gasteiger partial charge in [0.1, 0.15) is 0 Å². The molecule has 1 aliphatic rings. The first kappa shape index (κ1) is 17.9. The first-order valence-corrected chi connectivity index (χ1v) is 36.3. The Hall–Kier alpha value is 2.12. The number of hydrogen-bond donors (Lipinski definition) is 0. The number of hydrogen-bond acceptors (Lipinski definition) is 2. The van der Waals surface area contributed by atoms with Gasteiger partial charge >= 0.3 is 157 Å². The standard InChI is InChI=1S/C8H2Cl2GeS2.6CH3.2Sn/c9-11(10)5-1-3-12-7(5)8-6(11)2-4-13-8;;;;;;;;/h1-2H;6*1H3;;.